The second-order valence-corrected chi connectivity index (χ2v) is 6.42. The number of aromatic hydroxyl groups is 1. The van der Waals surface area contributed by atoms with Crippen LogP contribution in [-0.2, 0) is 4.79 Å². The maximum Gasteiger partial charge on any atom is 0.269 e. The molecule has 0 bridgehead atoms. The molecule has 2 aromatic carbocycles. The lowest BCUT2D eigenvalue weighted by atomic mass is 10.1. The van der Waals surface area contributed by atoms with E-state index in [9.17, 15) is 20.0 Å². The maximum atomic E-state index is 12.3. The fraction of sp³-hybridized carbons (Fsp3) is 0.133. The number of carbonyl (C=O) groups excluding carboxylic acids is 1. The van der Waals surface area contributed by atoms with E-state index in [1.165, 1.54) is 47.0 Å². The van der Waals surface area contributed by atoms with Crippen LogP contribution in [0, 0.1) is 10.1 Å². The summed E-state index contributed by atoms with van der Waals surface area (Å²) < 4.78 is 0. The zero-order chi connectivity index (χ0) is 16.6. The maximum absolute atomic E-state index is 12.3. The molecule has 0 saturated carbocycles. The van der Waals surface area contributed by atoms with Gasteiger partial charge in [-0.3, -0.25) is 19.8 Å². The van der Waals surface area contributed by atoms with Gasteiger partial charge in [0.1, 0.15) is 11.1 Å². The molecule has 2 aromatic rings. The van der Waals surface area contributed by atoms with Crippen molar-refractivity contribution in [2.24, 2.45) is 0 Å². The molecule has 0 unspecified atom stereocenters. The van der Waals surface area contributed by atoms with Crippen molar-refractivity contribution in [2.45, 2.75) is 5.37 Å². The number of nitro benzene ring substituents is 1. The summed E-state index contributed by atoms with van der Waals surface area (Å²) >= 11 is 7.30. The van der Waals surface area contributed by atoms with Crippen LogP contribution < -0.4 is 4.90 Å². The van der Waals surface area contributed by atoms with Crippen molar-refractivity contribution in [3.8, 4) is 5.75 Å². The number of thioether (sulfide) groups is 1. The van der Waals surface area contributed by atoms with Gasteiger partial charge in [0.2, 0.25) is 5.91 Å². The summed E-state index contributed by atoms with van der Waals surface area (Å²) in [6.07, 6.45) is 0. The predicted molar refractivity (Wildman–Crippen MR) is 88.9 cm³/mol. The van der Waals surface area contributed by atoms with Gasteiger partial charge in [0.05, 0.1) is 16.4 Å². The molecule has 1 aliphatic rings. The third kappa shape index (κ3) is 2.97. The minimum Gasteiger partial charge on any atom is -0.506 e. The number of phenols is 1. The molecule has 3 rings (SSSR count). The van der Waals surface area contributed by atoms with Crippen LogP contribution in [0.15, 0.2) is 42.5 Å². The fourth-order valence-corrected chi connectivity index (χ4v) is 3.74. The number of benzene rings is 2. The molecule has 1 heterocycles. The fourth-order valence-electron chi connectivity index (χ4n) is 2.41. The van der Waals surface area contributed by atoms with Crippen LogP contribution in [0.2, 0.25) is 5.02 Å². The van der Waals surface area contributed by atoms with E-state index in [0.717, 1.165) is 0 Å². The number of hydrogen-bond acceptors (Lipinski definition) is 5. The molecule has 0 radical (unpaired) electrons. The number of rotatable bonds is 3. The summed E-state index contributed by atoms with van der Waals surface area (Å²) in [6, 6.07) is 10.6. The second kappa shape index (κ2) is 6.10. The highest BCUT2D eigenvalue weighted by Crippen LogP contribution is 2.45. The number of amides is 1. The quantitative estimate of drug-likeness (QED) is 0.673. The first-order valence-electron chi connectivity index (χ1n) is 6.64. The standard InChI is InChI=1S/C15H11ClN2O4S/c16-10-4-5-13(19)12(7-10)17-14(20)8-23-15(17)9-2-1-3-11(6-9)18(21)22/h1-7,15,19H,8H2/t15-/m0/s1. The number of anilines is 1. The normalized spacial score (nSPS) is 17.5. The van der Waals surface area contributed by atoms with Gasteiger partial charge < -0.3 is 5.11 Å². The molecule has 118 valence electrons. The Morgan fingerprint density at radius 3 is 2.83 bits per heavy atom. The summed E-state index contributed by atoms with van der Waals surface area (Å²) in [4.78, 5) is 24.1. The van der Waals surface area contributed by atoms with E-state index in [0.29, 0.717) is 16.3 Å². The van der Waals surface area contributed by atoms with E-state index < -0.39 is 10.3 Å². The Kier molecular flexibility index (Phi) is 4.14. The predicted octanol–water partition coefficient (Wildman–Crippen LogP) is 3.73. The van der Waals surface area contributed by atoms with Gasteiger partial charge in [0.25, 0.3) is 5.69 Å². The van der Waals surface area contributed by atoms with E-state index in [1.54, 1.807) is 12.1 Å². The van der Waals surface area contributed by atoms with Gasteiger partial charge in [-0.15, -0.1) is 11.8 Å². The van der Waals surface area contributed by atoms with Crippen molar-refractivity contribution in [3.05, 3.63) is 63.2 Å². The Morgan fingerprint density at radius 1 is 1.30 bits per heavy atom. The SMILES string of the molecule is O=C1CS[C@@H](c2cccc([N+](=O)[O-])c2)N1c1cc(Cl)ccc1O. The first-order valence-corrected chi connectivity index (χ1v) is 8.06. The van der Waals surface area contributed by atoms with Gasteiger partial charge in [-0.25, -0.2) is 0 Å². The molecule has 6 nitrogen and oxygen atoms in total. The summed E-state index contributed by atoms with van der Waals surface area (Å²) in [5, 5.41) is 20.9. The van der Waals surface area contributed by atoms with Gasteiger partial charge in [0, 0.05) is 17.2 Å². The van der Waals surface area contributed by atoms with Crippen molar-refractivity contribution in [1.82, 2.24) is 0 Å². The molecule has 1 N–H and O–H groups in total. The second-order valence-electron chi connectivity index (χ2n) is 4.91. The van der Waals surface area contributed by atoms with Crippen molar-refractivity contribution in [3.63, 3.8) is 0 Å². The monoisotopic (exact) mass is 350 g/mol. The number of nitro groups is 1. The number of nitrogens with zero attached hydrogens (tertiary/aromatic N) is 2. The van der Waals surface area contributed by atoms with E-state index in [1.807, 2.05) is 0 Å². The van der Waals surface area contributed by atoms with Crippen molar-refractivity contribution < 1.29 is 14.8 Å². The smallest absolute Gasteiger partial charge is 0.269 e. The van der Waals surface area contributed by atoms with Crippen LogP contribution in [0.25, 0.3) is 0 Å². The van der Waals surface area contributed by atoms with Crippen LogP contribution in [0.4, 0.5) is 11.4 Å². The number of hydrogen-bond donors (Lipinski definition) is 1. The molecular formula is C15H11ClN2O4S. The molecule has 23 heavy (non-hydrogen) atoms. The molecule has 0 aromatic heterocycles. The van der Waals surface area contributed by atoms with Crippen LogP contribution in [0.3, 0.4) is 0 Å². The van der Waals surface area contributed by atoms with Gasteiger partial charge in [-0.1, -0.05) is 23.7 Å². The molecule has 1 saturated heterocycles. The minimum absolute atomic E-state index is 0.0438. The molecule has 8 heteroatoms. The molecular weight excluding hydrogens is 340 g/mol. The lowest BCUT2D eigenvalue weighted by Gasteiger charge is -2.25. The van der Waals surface area contributed by atoms with Crippen LogP contribution >= 0.6 is 23.4 Å². The lowest BCUT2D eigenvalue weighted by molar-refractivity contribution is -0.384. The summed E-state index contributed by atoms with van der Waals surface area (Å²) in [5.41, 5.74) is 0.871. The number of halogens is 1. The third-order valence-electron chi connectivity index (χ3n) is 3.43. The van der Waals surface area contributed by atoms with Crippen molar-refractivity contribution in [1.29, 1.82) is 0 Å². The highest BCUT2D eigenvalue weighted by molar-refractivity contribution is 8.00. The highest BCUT2D eigenvalue weighted by Gasteiger charge is 2.36. The molecule has 1 aliphatic heterocycles. The Hall–Kier alpha value is -2.25. The zero-order valence-electron chi connectivity index (χ0n) is 11.7. The van der Waals surface area contributed by atoms with Crippen molar-refractivity contribution >= 4 is 40.6 Å². The summed E-state index contributed by atoms with van der Waals surface area (Å²) in [6.45, 7) is 0. The van der Waals surface area contributed by atoms with Gasteiger partial charge >= 0.3 is 0 Å². The Morgan fingerprint density at radius 2 is 2.09 bits per heavy atom. The Bertz CT molecular complexity index is 799. The van der Waals surface area contributed by atoms with Crippen molar-refractivity contribution in [2.75, 3.05) is 10.7 Å². The van der Waals surface area contributed by atoms with Crippen LogP contribution in [-0.4, -0.2) is 21.7 Å². The number of non-ortho nitro benzene ring substituents is 1. The summed E-state index contributed by atoms with van der Waals surface area (Å²) in [7, 11) is 0. The average molecular weight is 351 g/mol. The minimum atomic E-state index is -0.480. The number of phenolic OH excluding ortho intramolecular Hbond substituents is 1. The average Bonchev–Trinajstić information content (AvgIpc) is 2.91. The topological polar surface area (TPSA) is 83.7 Å². The van der Waals surface area contributed by atoms with E-state index >= 15 is 0 Å². The van der Waals surface area contributed by atoms with E-state index in [4.69, 9.17) is 11.6 Å². The van der Waals surface area contributed by atoms with Crippen LogP contribution in [0.5, 0.6) is 5.75 Å². The summed E-state index contributed by atoms with van der Waals surface area (Å²) in [5.74, 6) is -0.0379. The Labute approximate surface area is 140 Å². The largest absolute Gasteiger partial charge is 0.506 e. The first kappa shape index (κ1) is 15.6. The van der Waals surface area contributed by atoms with Gasteiger partial charge in [-0.2, -0.15) is 0 Å². The molecule has 0 aliphatic carbocycles. The van der Waals surface area contributed by atoms with Crippen LogP contribution in [0.1, 0.15) is 10.9 Å². The zero-order valence-corrected chi connectivity index (χ0v) is 13.3. The first-order chi connectivity index (χ1) is 11.0. The third-order valence-corrected chi connectivity index (χ3v) is 4.88. The molecule has 1 amide bonds. The highest BCUT2D eigenvalue weighted by atomic mass is 35.5. The van der Waals surface area contributed by atoms with E-state index in [-0.39, 0.29) is 23.1 Å². The van der Waals surface area contributed by atoms with E-state index in [2.05, 4.69) is 0 Å². The van der Waals surface area contributed by atoms with Gasteiger partial charge in [0.15, 0.2) is 0 Å². The Balaban J connectivity index is 2.05. The molecule has 0 spiro atoms. The number of carbonyl (C=O) groups is 1. The van der Waals surface area contributed by atoms with Gasteiger partial charge in [-0.05, 0) is 23.8 Å². The molecule has 1 atom stereocenters. The molecule has 1 fully saturated rings. The lowest BCUT2D eigenvalue weighted by Crippen LogP contribution is -2.27.